The van der Waals surface area contributed by atoms with Crippen LogP contribution in [0.25, 0.3) is 0 Å². The highest BCUT2D eigenvalue weighted by Gasteiger charge is 2.21. The van der Waals surface area contributed by atoms with E-state index in [9.17, 15) is 0 Å². The van der Waals surface area contributed by atoms with Crippen molar-refractivity contribution < 1.29 is 14.2 Å². The Morgan fingerprint density at radius 1 is 1.32 bits per heavy atom. The second-order valence-corrected chi connectivity index (χ2v) is 6.82. The van der Waals surface area contributed by atoms with Crippen molar-refractivity contribution in [2.24, 2.45) is 0 Å². The van der Waals surface area contributed by atoms with Crippen molar-refractivity contribution in [3.63, 3.8) is 0 Å². The number of hydrogen-bond acceptors (Lipinski definition) is 8. The van der Waals surface area contributed by atoms with Gasteiger partial charge in [0, 0.05) is 32.3 Å². The molecule has 7 nitrogen and oxygen atoms in total. The predicted octanol–water partition coefficient (Wildman–Crippen LogP) is 1.16. The summed E-state index contributed by atoms with van der Waals surface area (Å²) in [6.45, 7) is 10.6. The second kappa shape index (κ2) is 8.05. The first-order chi connectivity index (χ1) is 10.5. The van der Waals surface area contributed by atoms with E-state index in [0.717, 1.165) is 25.5 Å². The number of anilines is 1. The molecule has 1 N–H and O–H groups in total. The number of methoxy groups -OCH3 is 1. The molecular formula is C14H26N4O3S. The van der Waals surface area contributed by atoms with E-state index in [0.29, 0.717) is 25.7 Å². The summed E-state index contributed by atoms with van der Waals surface area (Å²) in [5.74, 6) is 1.40. The van der Waals surface area contributed by atoms with Gasteiger partial charge in [0.2, 0.25) is 5.82 Å². The zero-order chi connectivity index (χ0) is 16.0. The van der Waals surface area contributed by atoms with Gasteiger partial charge in [-0.3, -0.25) is 0 Å². The molecule has 126 valence electrons. The van der Waals surface area contributed by atoms with Crippen LogP contribution in [0.15, 0.2) is 0 Å². The molecule has 1 atom stereocenters. The Labute approximate surface area is 136 Å². The van der Waals surface area contributed by atoms with Crippen molar-refractivity contribution >= 4 is 17.5 Å². The highest BCUT2D eigenvalue weighted by Crippen LogP contribution is 2.26. The molecule has 0 radical (unpaired) electrons. The maximum atomic E-state index is 5.84. The van der Waals surface area contributed by atoms with Gasteiger partial charge in [-0.25, -0.2) is 0 Å². The maximum Gasteiger partial charge on any atom is 0.270 e. The van der Waals surface area contributed by atoms with E-state index in [-0.39, 0.29) is 11.6 Å². The van der Waals surface area contributed by atoms with Crippen LogP contribution in [0.5, 0.6) is 5.88 Å². The van der Waals surface area contributed by atoms with Gasteiger partial charge >= 0.3 is 0 Å². The first kappa shape index (κ1) is 17.4. The van der Waals surface area contributed by atoms with Crippen LogP contribution in [0.1, 0.15) is 20.8 Å². The van der Waals surface area contributed by atoms with E-state index in [1.165, 1.54) is 11.7 Å². The Morgan fingerprint density at radius 3 is 2.68 bits per heavy atom. The topological polar surface area (TPSA) is 68.7 Å². The molecule has 2 rings (SSSR count). The zero-order valence-electron chi connectivity index (χ0n) is 13.8. The lowest BCUT2D eigenvalue weighted by Gasteiger charge is -2.27. The summed E-state index contributed by atoms with van der Waals surface area (Å²) in [4.78, 5) is 2.15. The van der Waals surface area contributed by atoms with Gasteiger partial charge in [-0.1, -0.05) is 0 Å². The van der Waals surface area contributed by atoms with E-state index in [2.05, 4.69) is 39.7 Å². The summed E-state index contributed by atoms with van der Waals surface area (Å²) in [7, 11) is 1.69. The smallest absolute Gasteiger partial charge is 0.270 e. The molecule has 0 aliphatic carbocycles. The van der Waals surface area contributed by atoms with E-state index >= 15 is 0 Å². The molecule has 0 unspecified atom stereocenters. The molecule has 1 aliphatic rings. The van der Waals surface area contributed by atoms with Gasteiger partial charge in [0.1, 0.15) is 12.7 Å². The van der Waals surface area contributed by atoms with Crippen LogP contribution >= 0.6 is 11.7 Å². The molecule has 0 aromatic carbocycles. The standard InChI is InChI=1S/C14H26N4O3S/c1-14(2,3)15-9-11(19-4)10-21-13-12(16-22-17-13)18-5-7-20-8-6-18/h11,15H,5-10H2,1-4H3/t11-/m1/s1. The molecule has 0 bridgehead atoms. The number of nitrogens with one attached hydrogen (secondary N) is 1. The highest BCUT2D eigenvalue weighted by atomic mass is 32.1. The predicted molar refractivity (Wildman–Crippen MR) is 87.0 cm³/mol. The Morgan fingerprint density at radius 2 is 2.05 bits per heavy atom. The van der Waals surface area contributed by atoms with Crippen molar-refractivity contribution in [3.05, 3.63) is 0 Å². The van der Waals surface area contributed by atoms with Crippen molar-refractivity contribution in [2.75, 3.05) is 51.5 Å². The minimum absolute atomic E-state index is 0.0292. The molecule has 1 aromatic rings. The first-order valence-electron chi connectivity index (χ1n) is 7.55. The van der Waals surface area contributed by atoms with E-state index in [1.807, 2.05) is 0 Å². The van der Waals surface area contributed by atoms with Gasteiger partial charge in [0.25, 0.3) is 5.88 Å². The van der Waals surface area contributed by atoms with Crippen molar-refractivity contribution in [3.8, 4) is 5.88 Å². The van der Waals surface area contributed by atoms with Gasteiger partial charge < -0.3 is 24.4 Å². The average molecular weight is 330 g/mol. The lowest BCUT2D eigenvalue weighted by atomic mass is 10.1. The Balaban J connectivity index is 1.86. The van der Waals surface area contributed by atoms with Crippen LogP contribution in [0.4, 0.5) is 5.82 Å². The Hall–Kier alpha value is -0.960. The number of ether oxygens (including phenoxy) is 3. The molecule has 0 spiro atoms. The minimum atomic E-state index is -0.0292. The fourth-order valence-corrected chi connectivity index (χ4v) is 2.56. The molecular weight excluding hydrogens is 304 g/mol. The number of nitrogens with zero attached hydrogens (tertiary/aromatic N) is 3. The first-order valence-corrected chi connectivity index (χ1v) is 8.28. The number of rotatable bonds is 7. The maximum absolute atomic E-state index is 5.84. The SMILES string of the molecule is CO[C@H](CNC(C)(C)C)COc1nsnc1N1CCOCC1. The normalized spacial score (nSPS) is 17.5. The van der Waals surface area contributed by atoms with Crippen LogP contribution in [0.2, 0.25) is 0 Å². The molecule has 22 heavy (non-hydrogen) atoms. The van der Waals surface area contributed by atoms with Gasteiger partial charge in [-0.2, -0.15) is 4.37 Å². The monoisotopic (exact) mass is 330 g/mol. The molecule has 0 amide bonds. The third kappa shape index (κ3) is 5.35. The average Bonchev–Trinajstić information content (AvgIpc) is 2.96. The summed E-state index contributed by atoms with van der Waals surface area (Å²) in [5, 5.41) is 3.42. The van der Waals surface area contributed by atoms with Crippen LogP contribution in [-0.4, -0.2) is 67.0 Å². The van der Waals surface area contributed by atoms with E-state index < -0.39 is 0 Å². The summed E-state index contributed by atoms with van der Waals surface area (Å²) in [5.41, 5.74) is 0.0535. The number of aromatic nitrogens is 2. The fraction of sp³-hybridized carbons (Fsp3) is 0.857. The van der Waals surface area contributed by atoms with Crippen LogP contribution in [0, 0.1) is 0 Å². The van der Waals surface area contributed by atoms with Crippen molar-refractivity contribution in [1.29, 1.82) is 0 Å². The summed E-state index contributed by atoms with van der Waals surface area (Å²) in [6, 6.07) is 0. The third-order valence-corrected chi connectivity index (χ3v) is 3.85. The summed E-state index contributed by atoms with van der Waals surface area (Å²) in [6.07, 6.45) is -0.0292. The largest absolute Gasteiger partial charge is 0.472 e. The lowest BCUT2D eigenvalue weighted by molar-refractivity contribution is 0.0524. The molecule has 1 fully saturated rings. The Kier molecular flexibility index (Phi) is 6.37. The lowest BCUT2D eigenvalue weighted by Crippen LogP contribution is -2.43. The van der Waals surface area contributed by atoms with Crippen LogP contribution in [0.3, 0.4) is 0 Å². The summed E-state index contributed by atoms with van der Waals surface area (Å²) < 4.78 is 25.3. The van der Waals surface area contributed by atoms with Crippen LogP contribution < -0.4 is 15.0 Å². The molecule has 8 heteroatoms. The third-order valence-electron chi connectivity index (χ3n) is 3.35. The minimum Gasteiger partial charge on any atom is -0.472 e. The van der Waals surface area contributed by atoms with Crippen molar-refractivity contribution in [1.82, 2.24) is 14.1 Å². The van der Waals surface area contributed by atoms with Gasteiger partial charge in [-0.15, -0.1) is 4.37 Å². The fourth-order valence-electron chi connectivity index (χ4n) is 2.04. The second-order valence-electron chi connectivity index (χ2n) is 6.29. The summed E-state index contributed by atoms with van der Waals surface area (Å²) >= 11 is 1.17. The molecule has 1 saturated heterocycles. The number of morpholine rings is 1. The van der Waals surface area contributed by atoms with E-state index in [1.54, 1.807) is 7.11 Å². The molecule has 1 aliphatic heterocycles. The Bertz CT molecular complexity index is 444. The zero-order valence-corrected chi connectivity index (χ0v) is 14.6. The van der Waals surface area contributed by atoms with Gasteiger partial charge in [0.15, 0.2) is 0 Å². The molecule has 1 aromatic heterocycles. The van der Waals surface area contributed by atoms with Crippen molar-refractivity contribution in [2.45, 2.75) is 32.4 Å². The molecule has 2 heterocycles. The highest BCUT2D eigenvalue weighted by molar-refractivity contribution is 6.99. The molecule has 0 saturated carbocycles. The van der Waals surface area contributed by atoms with Gasteiger partial charge in [-0.05, 0) is 20.8 Å². The van der Waals surface area contributed by atoms with Gasteiger partial charge in [0.05, 0.1) is 24.9 Å². The quantitative estimate of drug-likeness (QED) is 0.804. The van der Waals surface area contributed by atoms with E-state index in [4.69, 9.17) is 14.2 Å². The van der Waals surface area contributed by atoms with Crippen LogP contribution in [-0.2, 0) is 9.47 Å². The number of hydrogen-bond donors (Lipinski definition) is 1.